The second-order valence-electron chi connectivity index (χ2n) is 11.2. The van der Waals surface area contributed by atoms with Crippen LogP contribution in [0.5, 0.6) is 0 Å². The van der Waals surface area contributed by atoms with Crippen LogP contribution in [0.1, 0.15) is 135 Å². The summed E-state index contributed by atoms with van der Waals surface area (Å²) in [7, 11) is 0. The van der Waals surface area contributed by atoms with Crippen LogP contribution in [0.25, 0.3) is 0 Å². The maximum Gasteiger partial charge on any atom is 0.407 e. The van der Waals surface area contributed by atoms with Gasteiger partial charge in [-0.15, -0.1) is 0 Å². The van der Waals surface area contributed by atoms with Crippen molar-refractivity contribution in [1.29, 1.82) is 0 Å². The fourth-order valence-corrected chi connectivity index (χ4v) is 5.55. The maximum absolute atomic E-state index is 12.5. The van der Waals surface area contributed by atoms with E-state index in [-0.39, 0.29) is 0 Å². The Kier molecular flexibility index (Phi) is 18.3. The van der Waals surface area contributed by atoms with Gasteiger partial charge in [0, 0.05) is 19.8 Å². The number of hydrogen-bond acceptors (Lipinski definition) is 6. The molecule has 2 rings (SSSR count). The van der Waals surface area contributed by atoms with E-state index in [0.29, 0.717) is 32.6 Å². The van der Waals surface area contributed by atoms with Gasteiger partial charge in [-0.05, 0) is 32.1 Å². The summed E-state index contributed by atoms with van der Waals surface area (Å²) in [6.07, 6.45) is 19.6. The number of nitrogens with one attached hydrogen (secondary N) is 1. The lowest BCUT2D eigenvalue weighted by molar-refractivity contribution is -0.194. The van der Waals surface area contributed by atoms with Crippen LogP contribution in [0, 0.1) is 0 Å². The molecule has 0 aromatic carbocycles. The molecule has 0 bridgehead atoms. The van der Waals surface area contributed by atoms with E-state index >= 15 is 0 Å². The topological polar surface area (TPSA) is 97.3 Å². The lowest BCUT2D eigenvalue weighted by Gasteiger charge is -2.40. The van der Waals surface area contributed by atoms with Crippen molar-refractivity contribution in [1.82, 2.24) is 5.32 Å². The molecule has 0 saturated carbocycles. The molecule has 2 fully saturated rings. The van der Waals surface area contributed by atoms with Crippen molar-refractivity contribution in [3.63, 3.8) is 0 Å². The van der Waals surface area contributed by atoms with Gasteiger partial charge in [0.1, 0.15) is 12.2 Å². The second-order valence-corrected chi connectivity index (χ2v) is 11.2. The summed E-state index contributed by atoms with van der Waals surface area (Å²) < 4.78 is 17.2. The first kappa shape index (κ1) is 32.3. The Morgan fingerprint density at radius 2 is 1.14 bits per heavy atom. The lowest BCUT2D eigenvalue weighted by Crippen LogP contribution is -2.56. The Balaban J connectivity index is 1.48. The highest BCUT2D eigenvalue weighted by Gasteiger charge is 2.44. The molecule has 0 spiro atoms. The van der Waals surface area contributed by atoms with Crippen molar-refractivity contribution in [2.75, 3.05) is 19.8 Å². The minimum atomic E-state index is -0.823. The molecule has 218 valence electrons. The highest BCUT2D eigenvalue weighted by atomic mass is 16.6. The summed E-state index contributed by atoms with van der Waals surface area (Å²) >= 11 is 0. The number of aliphatic hydroxyl groups is 2. The quantitative estimate of drug-likeness (QED) is 0.158. The zero-order chi connectivity index (χ0) is 26.6. The fraction of sp³-hybridized carbons (Fsp3) is 0.967. The minimum Gasteiger partial charge on any atom is -0.440 e. The molecule has 0 aliphatic carbocycles. The van der Waals surface area contributed by atoms with Crippen molar-refractivity contribution in [3.8, 4) is 0 Å². The van der Waals surface area contributed by atoms with E-state index in [1.807, 2.05) is 0 Å². The summed E-state index contributed by atoms with van der Waals surface area (Å²) in [5, 5.41) is 23.7. The van der Waals surface area contributed by atoms with Crippen LogP contribution in [0.4, 0.5) is 4.79 Å². The molecule has 37 heavy (non-hydrogen) atoms. The molecule has 2 aliphatic rings. The van der Waals surface area contributed by atoms with E-state index in [1.54, 1.807) is 0 Å². The number of rotatable bonds is 20. The molecular weight excluding hydrogens is 470 g/mol. The third-order valence-corrected chi connectivity index (χ3v) is 7.86. The third kappa shape index (κ3) is 14.2. The summed E-state index contributed by atoms with van der Waals surface area (Å²) in [6, 6.07) is 0. The van der Waals surface area contributed by atoms with Crippen LogP contribution in [0.15, 0.2) is 0 Å². The highest BCUT2D eigenvalue weighted by molar-refractivity contribution is 5.67. The standard InChI is InChI=1S/C30H57NO6/c1-2-3-4-5-6-7-8-9-10-11-12-13-14-15-16-17-22-31-30(34)37-29(27-25(32)20-18-23-35-27)28-26(33)21-19-24-36-28/h25-29,32-33H,2-24H2,1H3,(H,31,34)/t25-,26-,27-,28-/m1/s1. The van der Waals surface area contributed by atoms with Crippen LogP contribution in [0.3, 0.4) is 0 Å². The number of ether oxygens (including phenoxy) is 3. The lowest BCUT2D eigenvalue weighted by atomic mass is 9.92. The van der Waals surface area contributed by atoms with E-state index < -0.39 is 36.6 Å². The molecule has 7 nitrogen and oxygen atoms in total. The van der Waals surface area contributed by atoms with Crippen molar-refractivity contribution in [2.24, 2.45) is 0 Å². The van der Waals surface area contributed by atoms with Gasteiger partial charge in [-0.1, -0.05) is 103 Å². The maximum atomic E-state index is 12.5. The molecule has 2 heterocycles. The fourth-order valence-electron chi connectivity index (χ4n) is 5.55. The molecule has 3 N–H and O–H groups in total. The predicted octanol–water partition coefficient (Wildman–Crippen LogP) is 6.42. The van der Waals surface area contributed by atoms with E-state index in [9.17, 15) is 15.0 Å². The molecule has 1 amide bonds. The summed E-state index contributed by atoms with van der Waals surface area (Å²) in [4.78, 5) is 12.5. The first-order valence-electron chi connectivity index (χ1n) is 15.7. The normalized spacial score (nSPS) is 24.3. The predicted molar refractivity (Wildman–Crippen MR) is 148 cm³/mol. The first-order chi connectivity index (χ1) is 18.1. The van der Waals surface area contributed by atoms with Gasteiger partial charge in [-0.25, -0.2) is 4.79 Å². The Labute approximate surface area is 226 Å². The summed E-state index contributed by atoms with van der Waals surface area (Å²) in [6.45, 7) is 3.85. The number of carbonyl (C=O) groups is 1. The summed E-state index contributed by atoms with van der Waals surface area (Å²) in [5.41, 5.74) is 0. The van der Waals surface area contributed by atoms with Gasteiger partial charge in [0.15, 0.2) is 6.10 Å². The Morgan fingerprint density at radius 1 is 0.730 bits per heavy atom. The Morgan fingerprint density at radius 3 is 1.54 bits per heavy atom. The smallest absolute Gasteiger partial charge is 0.407 e. The molecule has 0 aromatic heterocycles. The number of carbonyl (C=O) groups excluding carboxylic acids is 1. The van der Waals surface area contributed by atoms with Crippen LogP contribution >= 0.6 is 0 Å². The van der Waals surface area contributed by atoms with Crippen LogP contribution in [-0.2, 0) is 14.2 Å². The highest BCUT2D eigenvalue weighted by Crippen LogP contribution is 2.27. The molecule has 0 aromatic rings. The van der Waals surface area contributed by atoms with E-state index in [4.69, 9.17) is 14.2 Å². The number of alkyl carbamates (subject to hydrolysis) is 1. The number of unbranched alkanes of at least 4 members (excludes halogenated alkanes) is 15. The monoisotopic (exact) mass is 527 g/mol. The van der Waals surface area contributed by atoms with Gasteiger partial charge in [-0.3, -0.25) is 0 Å². The van der Waals surface area contributed by atoms with Gasteiger partial charge >= 0.3 is 6.09 Å². The van der Waals surface area contributed by atoms with Crippen molar-refractivity contribution in [2.45, 2.75) is 166 Å². The molecule has 0 radical (unpaired) electrons. The zero-order valence-corrected chi connectivity index (χ0v) is 23.7. The van der Waals surface area contributed by atoms with Gasteiger partial charge in [0.2, 0.25) is 0 Å². The zero-order valence-electron chi connectivity index (χ0n) is 23.7. The van der Waals surface area contributed by atoms with Gasteiger partial charge < -0.3 is 29.7 Å². The van der Waals surface area contributed by atoms with Gasteiger partial charge in [0.05, 0.1) is 12.2 Å². The molecule has 2 aliphatic heterocycles. The van der Waals surface area contributed by atoms with Gasteiger partial charge in [0.25, 0.3) is 0 Å². The number of amides is 1. The van der Waals surface area contributed by atoms with Crippen molar-refractivity contribution in [3.05, 3.63) is 0 Å². The molecule has 0 unspecified atom stereocenters. The van der Waals surface area contributed by atoms with Crippen molar-refractivity contribution >= 4 is 6.09 Å². The van der Waals surface area contributed by atoms with Crippen LogP contribution < -0.4 is 5.32 Å². The average Bonchev–Trinajstić information content (AvgIpc) is 2.90. The third-order valence-electron chi connectivity index (χ3n) is 7.86. The number of aliphatic hydroxyl groups excluding tert-OH is 2. The minimum absolute atomic E-state index is 0.505. The Bertz CT molecular complexity index is 540. The SMILES string of the molecule is CCCCCCCCCCCCCCCCCCNC(=O)OC([C@@H]1OCCC[C@H]1O)[C@@H]1OCCC[C@H]1O. The van der Waals surface area contributed by atoms with Crippen molar-refractivity contribution < 1.29 is 29.2 Å². The largest absolute Gasteiger partial charge is 0.440 e. The van der Waals surface area contributed by atoms with E-state index in [1.165, 1.54) is 89.9 Å². The van der Waals surface area contributed by atoms with Crippen LogP contribution in [-0.4, -0.2) is 66.6 Å². The Hall–Kier alpha value is -0.890. The van der Waals surface area contributed by atoms with Crippen LogP contribution in [0.2, 0.25) is 0 Å². The van der Waals surface area contributed by atoms with E-state index in [0.717, 1.165) is 25.7 Å². The molecule has 4 atom stereocenters. The van der Waals surface area contributed by atoms with Gasteiger partial charge in [-0.2, -0.15) is 0 Å². The molecule has 2 saturated heterocycles. The van der Waals surface area contributed by atoms with E-state index in [2.05, 4.69) is 12.2 Å². The molecular formula is C30H57NO6. The second kappa shape index (κ2) is 21.0. The molecule has 7 heteroatoms. The first-order valence-corrected chi connectivity index (χ1v) is 15.7. The summed E-state index contributed by atoms with van der Waals surface area (Å²) in [5.74, 6) is 0. The number of hydrogen-bond donors (Lipinski definition) is 3. The average molecular weight is 528 g/mol.